The van der Waals surface area contributed by atoms with E-state index in [1.54, 1.807) is 0 Å². The summed E-state index contributed by atoms with van der Waals surface area (Å²) in [5, 5.41) is 2.72. The second-order valence-corrected chi connectivity index (χ2v) is 4.35. The van der Waals surface area contributed by atoms with Gasteiger partial charge in [-0.3, -0.25) is 0 Å². The smallest absolute Gasteiger partial charge is 0.383 e. The van der Waals surface area contributed by atoms with Crippen molar-refractivity contribution >= 4 is 5.69 Å². The Hall–Kier alpha value is -1.26. The fourth-order valence-electron chi connectivity index (χ4n) is 1.65. The summed E-state index contributed by atoms with van der Waals surface area (Å²) < 4.78 is 50.5. The lowest BCUT2D eigenvalue weighted by Crippen LogP contribution is -2.09. The van der Waals surface area contributed by atoms with Gasteiger partial charge in [0.1, 0.15) is 5.82 Å². The molecule has 5 heteroatoms. The third-order valence-electron chi connectivity index (χ3n) is 2.86. The van der Waals surface area contributed by atoms with E-state index < -0.39 is 17.6 Å². The summed E-state index contributed by atoms with van der Waals surface area (Å²) in [6, 6.07) is 2.42. The van der Waals surface area contributed by atoms with Crippen molar-refractivity contribution in [2.45, 2.75) is 25.4 Å². The molecule has 0 radical (unpaired) electrons. The molecular formula is C12H13F4N. The van der Waals surface area contributed by atoms with Gasteiger partial charge in [0.25, 0.3) is 0 Å². The van der Waals surface area contributed by atoms with Crippen molar-refractivity contribution in [3.8, 4) is 0 Å². The molecule has 1 aliphatic rings. The summed E-state index contributed by atoms with van der Waals surface area (Å²) in [7, 11) is 0. The first-order valence-electron chi connectivity index (χ1n) is 5.57. The molecule has 0 bridgehead atoms. The van der Waals surface area contributed by atoms with E-state index in [4.69, 9.17) is 0 Å². The van der Waals surface area contributed by atoms with Gasteiger partial charge in [0.15, 0.2) is 0 Å². The van der Waals surface area contributed by atoms with E-state index in [0.717, 1.165) is 24.6 Å². The van der Waals surface area contributed by atoms with Gasteiger partial charge < -0.3 is 5.32 Å². The maximum Gasteiger partial charge on any atom is 0.416 e. The molecule has 1 fully saturated rings. The van der Waals surface area contributed by atoms with Crippen molar-refractivity contribution < 1.29 is 17.6 Å². The highest BCUT2D eigenvalue weighted by molar-refractivity contribution is 5.48. The van der Waals surface area contributed by atoms with Gasteiger partial charge in [-0.25, -0.2) is 4.39 Å². The third-order valence-corrected chi connectivity index (χ3v) is 2.86. The number of anilines is 1. The molecule has 1 aliphatic carbocycles. The molecule has 0 amide bonds. The lowest BCUT2D eigenvalue weighted by atomic mass is 10.2. The van der Waals surface area contributed by atoms with E-state index in [1.807, 2.05) is 0 Å². The summed E-state index contributed by atoms with van der Waals surface area (Å²) in [6.45, 7) is 0.517. The largest absolute Gasteiger partial charge is 0.416 e. The monoisotopic (exact) mass is 247 g/mol. The summed E-state index contributed by atoms with van der Waals surface area (Å²) >= 11 is 0. The molecular weight excluding hydrogens is 234 g/mol. The molecule has 0 aromatic heterocycles. The van der Waals surface area contributed by atoms with Crippen LogP contribution >= 0.6 is 0 Å². The molecule has 1 N–H and O–H groups in total. The molecule has 1 saturated carbocycles. The molecule has 1 aromatic carbocycles. The Bertz CT molecular complexity index is 396. The van der Waals surface area contributed by atoms with Crippen molar-refractivity contribution in [2.24, 2.45) is 5.92 Å². The van der Waals surface area contributed by atoms with E-state index in [9.17, 15) is 17.6 Å². The Morgan fingerprint density at radius 3 is 2.53 bits per heavy atom. The Balaban J connectivity index is 2.03. The van der Waals surface area contributed by atoms with E-state index in [-0.39, 0.29) is 5.69 Å². The number of benzene rings is 1. The number of rotatable bonds is 4. The van der Waals surface area contributed by atoms with Crippen molar-refractivity contribution in [1.29, 1.82) is 0 Å². The van der Waals surface area contributed by atoms with Crippen LogP contribution in [0, 0.1) is 11.7 Å². The third kappa shape index (κ3) is 3.35. The number of nitrogens with one attached hydrogen (secondary N) is 1. The number of hydrogen-bond acceptors (Lipinski definition) is 1. The maximum atomic E-state index is 13.3. The first-order chi connectivity index (χ1) is 7.97. The number of halogens is 4. The van der Waals surface area contributed by atoms with Crippen LogP contribution in [0.15, 0.2) is 18.2 Å². The van der Waals surface area contributed by atoms with Crippen molar-refractivity contribution in [3.05, 3.63) is 29.6 Å². The minimum Gasteiger partial charge on any atom is -0.383 e. The molecule has 0 aliphatic heterocycles. The minimum absolute atomic E-state index is 0.0690. The van der Waals surface area contributed by atoms with Crippen LogP contribution in [-0.4, -0.2) is 6.54 Å². The van der Waals surface area contributed by atoms with Crippen LogP contribution in [0.2, 0.25) is 0 Å². The summed E-state index contributed by atoms with van der Waals surface area (Å²) in [4.78, 5) is 0. The highest BCUT2D eigenvalue weighted by Crippen LogP contribution is 2.33. The van der Waals surface area contributed by atoms with Gasteiger partial charge in [-0.2, -0.15) is 13.2 Å². The Kier molecular flexibility index (Phi) is 3.26. The topological polar surface area (TPSA) is 12.0 Å². The highest BCUT2D eigenvalue weighted by Gasteiger charge is 2.31. The first kappa shape index (κ1) is 12.2. The van der Waals surface area contributed by atoms with E-state index in [2.05, 4.69) is 5.32 Å². The predicted molar refractivity (Wildman–Crippen MR) is 57.2 cm³/mol. The lowest BCUT2D eigenvalue weighted by molar-refractivity contribution is -0.137. The summed E-state index contributed by atoms with van der Waals surface area (Å²) in [5.74, 6) is 0.0187. The van der Waals surface area contributed by atoms with Gasteiger partial charge in [-0.05, 0) is 30.5 Å². The Morgan fingerprint density at radius 1 is 1.24 bits per heavy atom. The van der Waals surface area contributed by atoms with Gasteiger partial charge in [0, 0.05) is 6.54 Å². The average molecular weight is 247 g/mol. The van der Waals surface area contributed by atoms with Crippen LogP contribution in [0.4, 0.5) is 23.2 Å². The fourth-order valence-corrected chi connectivity index (χ4v) is 1.65. The molecule has 1 nitrogen and oxygen atoms in total. The van der Waals surface area contributed by atoms with Crippen LogP contribution < -0.4 is 5.32 Å². The summed E-state index contributed by atoms with van der Waals surface area (Å²) in [6.07, 6.45) is -1.20. The summed E-state index contributed by atoms with van der Waals surface area (Å²) in [5.41, 5.74) is -0.895. The minimum atomic E-state index is -4.43. The highest BCUT2D eigenvalue weighted by atomic mass is 19.4. The van der Waals surface area contributed by atoms with Gasteiger partial charge in [0.05, 0.1) is 11.3 Å². The Labute approximate surface area is 96.8 Å². The molecule has 0 atom stereocenters. The maximum absolute atomic E-state index is 13.3. The van der Waals surface area contributed by atoms with Crippen LogP contribution in [0.5, 0.6) is 0 Å². The predicted octanol–water partition coefficient (Wildman–Crippen LogP) is 4.06. The SMILES string of the molecule is Fc1ccc(C(F)(F)F)cc1NCCC1CC1. The quantitative estimate of drug-likeness (QED) is 0.791. The zero-order valence-corrected chi connectivity index (χ0v) is 9.15. The normalized spacial score (nSPS) is 16.0. The van der Waals surface area contributed by atoms with Gasteiger partial charge >= 0.3 is 6.18 Å². The fraction of sp³-hybridized carbons (Fsp3) is 0.500. The standard InChI is InChI=1S/C12H13F4N/c13-10-4-3-9(12(14,15)16)7-11(10)17-6-5-8-1-2-8/h3-4,7-8,17H,1-2,5-6H2. The molecule has 0 unspecified atom stereocenters. The van der Waals surface area contributed by atoms with Gasteiger partial charge in [0.2, 0.25) is 0 Å². The number of alkyl halides is 3. The Morgan fingerprint density at radius 2 is 1.94 bits per heavy atom. The average Bonchev–Trinajstić information content (AvgIpc) is 3.03. The zero-order chi connectivity index (χ0) is 12.5. The van der Waals surface area contributed by atoms with E-state index in [1.165, 1.54) is 12.8 Å². The van der Waals surface area contributed by atoms with Crippen molar-refractivity contribution in [2.75, 3.05) is 11.9 Å². The van der Waals surface area contributed by atoms with Gasteiger partial charge in [-0.15, -0.1) is 0 Å². The second kappa shape index (κ2) is 4.55. The van der Waals surface area contributed by atoms with Crippen LogP contribution in [0.25, 0.3) is 0 Å². The molecule has 0 spiro atoms. The molecule has 94 valence electrons. The van der Waals surface area contributed by atoms with E-state index in [0.29, 0.717) is 12.5 Å². The number of hydrogen-bond donors (Lipinski definition) is 1. The molecule has 1 aromatic rings. The van der Waals surface area contributed by atoms with Crippen molar-refractivity contribution in [1.82, 2.24) is 0 Å². The molecule has 0 saturated heterocycles. The zero-order valence-electron chi connectivity index (χ0n) is 9.15. The molecule has 0 heterocycles. The van der Waals surface area contributed by atoms with Crippen LogP contribution in [0.3, 0.4) is 0 Å². The van der Waals surface area contributed by atoms with Crippen LogP contribution in [0.1, 0.15) is 24.8 Å². The first-order valence-corrected chi connectivity index (χ1v) is 5.57. The molecule has 17 heavy (non-hydrogen) atoms. The lowest BCUT2D eigenvalue weighted by Gasteiger charge is -2.11. The molecule has 2 rings (SSSR count). The second-order valence-electron chi connectivity index (χ2n) is 4.35. The van der Waals surface area contributed by atoms with E-state index >= 15 is 0 Å². The van der Waals surface area contributed by atoms with Crippen LogP contribution in [-0.2, 0) is 6.18 Å². The van der Waals surface area contributed by atoms with Gasteiger partial charge in [-0.1, -0.05) is 12.8 Å². The van der Waals surface area contributed by atoms with Crippen molar-refractivity contribution in [3.63, 3.8) is 0 Å².